The zero-order valence-electron chi connectivity index (χ0n) is 8.64. The van der Waals surface area contributed by atoms with Crippen LogP contribution >= 0.6 is 0 Å². The summed E-state index contributed by atoms with van der Waals surface area (Å²) in [6, 6.07) is 3.98. The Morgan fingerprint density at radius 2 is 2.00 bits per heavy atom. The molecule has 15 heavy (non-hydrogen) atoms. The van der Waals surface area contributed by atoms with Gasteiger partial charge >= 0.3 is 0 Å². The van der Waals surface area contributed by atoms with Crippen LogP contribution in [0.4, 0.5) is 0 Å². The Kier molecular flexibility index (Phi) is 2.59. The van der Waals surface area contributed by atoms with Crippen LogP contribution in [0.25, 0.3) is 23.2 Å². The van der Waals surface area contributed by atoms with E-state index in [0.29, 0.717) is 0 Å². The van der Waals surface area contributed by atoms with Crippen molar-refractivity contribution < 1.29 is 0 Å². The molecule has 0 amide bonds. The molecule has 0 radical (unpaired) electrons. The van der Waals surface area contributed by atoms with Crippen LogP contribution in [-0.2, 0) is 0 Å². The van der Waals surface area contributed by atoms with Gasteiger partial charge in [-0.15, -0.1) is 0 Å². The third-order valence-electron chi connectivity index (χ3n) is 2.27. The summed E-state index contributed by atoms with van der Waals surface area (Å²) in [5.41, 5.74) is 4.00. The van der Waals surface area contributed by atoms with Gasteiger partial charge in [0.15, 0.2) is 0 Å². The van der Waals surface area contributed by atoms with Gasteiger partial charge in [-0.25, -0.2) is 0 Å². The number of aromatic nitrogens is 2. The fourth-order valence-electron chi connectivity index (χ4n) is 1.59. The molecule has 0 saturated carbocycles. The van der Waals surface area contributed by atoms with Crippen molar-refractivity contribution in [3.8, 4) is 0 Å². The number of hydrogen-bond donors (Lipinski definition) is 0. The maximum Gasteiger partial charge on any atom is 0.0964 e. The molecule has 0 aliphatic carbocycles. The Morgan fingerprint density at radius 1 is 1.20 bits per heavy atom. The second-order valence-electron chi connectivity index (χ2n) is 3.20. The standard InChI is InChI=1S/C13H12N2/c1-3-5-11-10(4-2)6-7-12-13(11)15-9-8-14-12/h3-9H,2H2,1H3/b5-3-. The van der Waals surface area contributed by atoms with E-state index in [2.05, 4.69) is 16.5 Å². The summed E-state index contributed by atoms with van der Waals surface area (Å²) in [5.74, 6) is 0. The van der Waals surface area contributed by atoms with Crippen molar-refractivity contribution in [2.45, 2.75) is 6.92 Å². The smallest absolute Gasteiger partial charge is 0.0964 e. The lowest BCUT2D eigenvalue weighted by molar-refractivity contribution is 1.29. The summed E-state index contributed by atoms with van der Waals surface area (Å²) < 4.78 is 0. The maximum atomic E-state index is 4.35. The van der Waals surface area contributed by atoms with E-state index in [1.54, 1.807) is 12.4 Å². The Hall–Kier alpha value is -1.96. The van der Waals surface area contributed by atoms with Crippen LogP contribution in [0, 0.1) is 0 Å². The molecule has 0 aliphatic heterocycles. The number of hydrogen-bond acceptors (Lipinski definition) is 2. The fraction of sp³-hybridized carbons (Fsp3) is 0.0769. The van der Waals surface area contributed by atoms with E-state index in [4.69, 9.17) is 0 Å². The summed E-state index contributed by atoms with van der Waals surface area (Å²) in [6.07, 6.45) is 9.28. The zero-order chi connectivity index (χ0) is 10.7. The van der Waals surface area contributed by atoms with Crippen molar-refractivity contribution in [1.82, 2.24) is 9.97 Å². The highest BCUT2D eigenvalue weighted by molar-refractivity contribution is 5.88. The minimum Gasteiger partial charge on any atom is -0.253 e. The molecule has 0 N–H and O–H groups in total. The Labute approximate surface area is 89.0 Å². The van der Waals surface area contributed by atoms with Gasteiger partial charge in [-0.3, -0.25) is 9.97 Å². The first-order valence-electron chi connectivity index (χ1n) is 4.85. The quantitative estimate of drug-likeness (QED) is 0.736. The van der Waals surface area contributed by atoms with E-state index >= 15 is 0 Å². The fourth-order valence-corrected chi connectivity index (χ4v) is 1.59. The average molecular weight is 196 g/mol. The van der Waals surface area contributed by atoms with Gasteiger partial charge in [-0.2, -0.15) is 0 Å². The molecule has 1 aromatic carbocycles. The zero-order valence-corrected chi connectivity index (χ0v) is 8.64. The largest absolute Gasteiger partial charge is 0.253 e. The van der Waals surface area contributed by atoms with Gasteiger partial charge in [0.05, 0.1) is 11.0 Å². The molecular formula is C13H12N2. The van der Waals surface area contributed by atoms with E-state index in [1.165, 1.54) is 0 Å². The van der Waals surface area contributed by atoms with E-state index in [0.717, 1.165) is 22.2 Å². The van der Waals surface area contributed by atoms with Crippen molar-refractivity contribution in [1.29, 1.82) is 0 Å². The molecule has 2 heteroatoms. The third-order valence-corrected chi connectivity index (χ3v) is 2.27. The topological polar surface area (TPSA) is 25.8 Å². The summed E-state index contributed by atoms with van der Waals surface area (Å²) in [5, 5.41) is 0. The molecule has 1 heterocycles. The minimum atomic E-state index is 0.913. The van der Waals surface area contributed by atoms with Gasteiger partial charge in [0.25, 0.3) is 0 Å². The van der Waals surface area contributed by atoms with Gasteiger partial charge in [0.1, 0.15) is 0 Å². The van der Waals surface area contributed by atoms with Gasteiger partial charge in [-0.05, 0) is 18.6 Å². The molecule has 0 bridgehead atoms. The molecule has 0 aliphatic rings. The molecule has 0 atom stereocenters. The van der Waals surface area contributed by atoms with Crippen LogP contribution in [0.1, 0.15) is 18.1 Å². The summed E-state index contributed by atoms with van der Waals surface area (Å²) in [7, 11) is 0. The number of benzene rings is 1. The van der Waals surface area contributed by atoms with Gasteiger partial charge in [0.2, 0.25) is 0 Å². The van der Waals surface area contributed by atoms with E-state index < -0.39 is 0 Å². The van der Waals surface area contributed by atoms with Crippen molar-refractivity contribution in [2.75, 3.05) is 0 Å². The average Bonchev–Trinajstić information content (AvgIpc) is 2.30. The molecule has 0 unspecified atom stereocenters. The number of fused-ring (bicyclic) bond motifs is 1. The summed E-state index contributed by atoms with van der Waals surface area (Å²) in [4.78, 5) is 8.62. The van der Waals surface area contributed by atoms with Gasteiger partial charge in [-0.1, -0.05) is 30.9 Å². The van der Waals surface area contributed by atoms with E-state index in [1.807, 2.05) is 37.3 Å². The van der Waals surface area contributed by atoms with Crippen molar-refractivity contribution in [2.24, 2.45) is 0 Å². The highest BCUT2D eigenvalue weighted by atomic mass is 14.8. The molecule has 2 aromatic rings. The molecule has 2 nitrogen and oxygen atoms in total. The van der Waals surface area contributed by atoms with Crippen LogP contribution < -0.4 is 0 Å². The molecule has 2 rings (SSSR count). The molecule has 0 saturated heterocycles. The monoisotopic (exact) mass is 196 g/mol. The number of rotatable bonds is 2. The predicted octanol–water partition coefficient (Wildman–Crippen LogP) is 3.31. The first-order valence-corrected chi connectivity index (χ1v) is 4.85. The maximum absolute atomic E-state index is 4.35. The van der Waals surface area contributed by atoms with E-state index in [9.17, 15) is 0 Å². The Bertz CT molecular complexity index is 527. The minimum absolute atomic E-state index is 0.913. The molecule has 74 valence electrons. The second-order valence-corrected chi connectivity index (χ2v) is 3.20. The lowest BCUT2D eigenvalue weighted by atomic mass is 10.0. The Morgan fingerprint density at radius 3 is 2.73 bits per heavy atom. The first-order chi connectivity index (χ1) is 7.36. The van der Waals surface area contributed by atoms with Crippen molar-refractivity contribution in [3.05, 3.63) is 48.3 Å². The highest BCUT2D eigenvalue weighted by Crippen LogP contribution is 2.21. The molecule has 1 aromatic heterocycles. The first kappa shape index (κ1) is 9.59. The van der Waals surface area contributed by atoms with Crippen LogP contribution in [0.3, 0.4) is 0 Å². The molecule has 0 spiro atoms. The normalized spacial score (nSPS) is 11.0. The van der Waals surface area contributed by atoms with E-state index in [-0.39, 0.29) is 0 Å². The molecule has 0 fully saturated rings. The van der Waals surface area contributed by atoms with Crippen molar-refractivity contribution in [3.63, 3.8) is 0 Å². The summed E-state index contributed by atoms with van der Waals surface area (Å²) in [6.45, 7) is 5.79. The van der Waals surface area contributed by atoms with Crippen LogP contribution in [0.15, 0.2) is 37.2 Å². The lowest BCUT2D eigenvalue weighted by Gasteiger charge is -2.04. The van der Waals surface area contributed by atoms with Crippen LogP contribution in [0.2, 0.25) is 0 Å². The molecular weight excluding hydrogens is 184 g/mol. The highest BCUT2D eigenvalue weighted by Gasteiger charge is 2.03. The second kappa shape index (κ2) is 4.05. The third kappa shape index (κ3) is 1.66. The van der Waals surface area contributed by atoms with Crippen LogP contribution in [0.5, 0.6) is 0 Å². The van der Waals surface area contributed by atoms with Crippen molar-refractivity contribution >= 4 is 23.2 Å². The summed E-state index contributed by atoms with van der Waals surface area (Å²) >= 11 is 0. The lowest BCUT2D eigenvalue weighted by Crippen LogP contribution is -1.89. The SMILES string of the molecule is C=Cc1ccc2nccnc2c1/C=C\C. The van der Waals surface area contributed by atoms with Crippen LogP contribution in [-0.4, -0.2) is 9.97 Å². The van der Waals surface area contributed by atoms with Gasteiger partial charge < -0.3 is 0 Å². The number of allylic oxidation sites excluding steroid dienone is 1. The predicted molar refractivity (Wildman–Crippen MR) is 64.3 cm³/mol. The number of nitrogens with zero attached hydrogens (tertiary/aromatic N) is 2. The Balaban J connectivity index is 2.84. The van der Waals surface area contributed by atoms with Gasteiger partial charge in [0, 0.05) is 18.0 Å².